The number of aliphatic hydroxyl groups is 1. The molecule has 3 aromatic rings. The number of carbonyl (C=O) groups excluding carboxylic acids is 1. The van der Waals surface area contributed by atoms with Gasteiger partial charge in [0.25, 0.3) is 0 Å². The van der Waals surface area contributed by atoms with E-state index in [9.17, 15) is 9.90 Å². The Hall–Kier alpha value is -2.71. The minimum Gasteiger partial charge on any atom is -0.377 e. The molecule has 0 saturated heterocycles. The molecule has 2 heteroatoms. The van der Waals surface area contributed by atoms with Crippen LogP contribution in [-0.4, -0.2) is 10.9 Å². The van der Waals surface area contributed by atoms with Gasteiger partial charge in [0.05, 0.1) is 0 Å². The van der Waals surface area contributed by atoms with Gasteiger partial charge in [-0.25, -0.2) is 0 Å². The fraction of sp³-hybridized carbons (Fsp3) is 0.136. The molecular formula is C22H20O2. The van der Waals surface area contributed by atoms with Crippen molar-refractivity contribution in [2.24, 2.45) is 0 Å². The van der Waals surface area contributed by atoms with E-state index in [1.54, 1.807) is 12.1 Å². The molecule has 0 heterocycles. The first-order chi connectivity index (χ1) is 11.7. The minimum absolute atomic E-state index is 0.259. The van der Waals surface area contributed by atoms with Crippen LogP contribution in [-0.2, 0) is 12.0 Å². The van der Waals surface area contributed by atoms with Gasteiger partial charge < -0.3 is 5.11 Å². The summed E-state index contributed by atoms with van der Waals surface area (Å²) in [6.45, 7) is 0. The number of ketones is 1. The highest BCUT2D eigenvalue weighted by molar-refractivity contribution is 6.02. The molecule has 0 aliphatic rings. The van der Waals surface area contributed by atoms with Crippen LogP contribution in [0.25, 0.3) is 0 Å². The van der Waals surface area contributed by atoms with E-state index in [2.05, 4.69) is 0 Å². The lowest BCUT2D eigenvalue weighted by Crippen LogP contribution is -2.36. The summed E-state index contributed by atoms with van der Waals surface area (Å²) in [4.78, 5) is 13.0. The van der Waals surface area contributed by atoms with Crippen LogP contribution in [0.1, 0.15) is 27.9 Å². The smallest absolute Gasteiger partial charge is 0.198 e. The lowest BCUT2D eigenvalue weighted by Gasteiger charge is -2.27. The first kappa shape index (κ1) is 16.2. The van der Waals surface area contributed by atoms with Gasteiger partial charge in [-0.3, -0.25) is 4.79 Å². The van der Waals surface area contributed by atoms with Gasteiger partial charge in [0.2, 0.25) is 0 Å². The summed E-state index contributed by atoms with van der Waals surface area (Å²) in [6.07, 6.45) is 0.972. The Labute approximate surface area is 142 Å². The van der Waals surface area contributed by atoms with E-state index in [-0.39, 0.29) is 5.78 Å². The van der Waals surface area contributed by atoms with Crippen LogP contribution < -0.4 is 0 Å². The van der Waals surface area contributed by atoms with Crippen molar-refractivity contribution in [3.8, 4) is 0 Å². The molecule has 1 unspecified atom stereocenters. The van der Waals surface area contributed by atoms with E-state index in [4.69, 9.17) is 0 Å². The molecule has 0 fully saturated rings. The Balaban J connectivity index is 1.93. The van der Waals surface area contributed by atoms with Crippen molar-refractivity contribution in [2.75, 3.05) is 0 Å². The Bertz CT molecular complexity index is 782. The zero-order chi connectivity index (χ0) is 16.8. The normalized spacial score (nSPS) is 13.2. The first-order valence-corrected chi connectivity index (χ1v) is 8.12. The molecule has 0 saturated carbocycles. The van der Waals surface area contributed by atoms with Gasteiger partial charge in [0.15, 0.2) is 11.4 Å². The van der Waals surface area contributed by atoms with Crippen molar-refractivity contribution in [3.63, 3.8) is 0 Å². The second-order valence-electron chi connectivity index (χ2n) is 5.91. The standard InChI is InChI=1S/C22H20O2/c23-21(19-12-6-2-7-13-19)22(24,20-14-8-3-9-15-20)17-16-18-10-4-1-5-11-18/h1-15,24H,16-17H2. The summed E-state index contributed by atoms with van der Waals surface area (Å²) in [5.41, 5.74) is 0.734. The van der Waals surface area contributed by atoms with Crippen LogP contribution in [0, 0.1) is 0 Å². The van der Waals surface area contributed by atoms with Crippen LogP contribution in [0.5, 0.6) is 0 Å². The van der Waals surface area contributed by atoms with E-state index < -0.39 is 5.60 Å². The maximum absolute atomic E-state index is 13.0. The van der Waals surface area contributed by atoms with Gasteiger partial charge in [-0.05, 0) is 24.0 Å². The molecule has 0 amide bonds. The number of Topliss-reactive ketones (excluding diaryl/α,β-unsaturated/α-hetero) is 1. The lowest BCUT2D eigenvalue weighted by atomic mass is 9.81. The van der Waals surface area contributed by atoms with E-state index in [0.717, 1.165) is 5.56 Å². The zero-order valence-corrected chi connectivity index (χ0v) is 13.4. The maximum Gasteiger partial charge on any atom is 0.198 e. The third-order valence-electron chi connectivity index (χ3n) is 4.28. The van der Waals surface area contributed by atoms with Crippen LogP contribution in [0.4, 0.5) is 0 Å². The predicted molar refractivity (Wildman–Crippen MR) is 95.9 cm³/mol. The molecule has 120 valence electrons. The molecule has 1 N–H and O–H groups in total. The zero-order valence-electron chi connectivity index (χ0n) is 13.4. The minimum atomic E-state index is -1.53. The van der Waals surface area contributed by atoms with E-state index in [1.165, 1.54) is 0 Å². The van der Waals surface area contributed by atoms with Crippen molar-refractivity contribution in [1.29, 1.82) is 0 Å². The predicted octanol–water partition coefficient (Wildman–Crippen LogP) is 4.39. The number of hydrogen-bond acceptors (Lipinski definition) is 2. The SMILES string of the molecule is O=C(c1ccccc1)C(O)(CCc1ccccc1)c1ccccc1. The summed E-state index contributed by atoms with van der Waals surface area (Å²) in [5.74, 6) is -0.259. The molecule has 3 rings (SSSR count). The molecule has 0 aliphatic heterocycles. The Morgan fingerprint density at radius 1 is 0.750 bits per heavy atom. The molecule has 0 aromatic heterocycles. The topological polar surface area (TPSA) is 37.3 Å². The highest BCUT2D eigenvalue weighted by Gasteiger charge is 2.37. The van der Waals surface area contributed by atoms with Crippen LogP contribution in [0.3, 0.4) is 0 Å². The summed E-state index contributed by atoms with van der Waals surface area (Å²) in [5, 5.41) is 11.3. The number of hydrogen-bond donors (Lipinski definition) is 1. The van der Waals surface area contributed by atoms with Crippen molar-refractivity contribution in [3.05, 3.63) is 108 Å². The summed E-state index contributed by atoms with van der Waals surface area (Å²) in [6, 6.07) is 28.1. The van der Waals surface area contributed by atoms with Crippen LogP contribution in [0.2, 0.25) is 0 Å². The number of aryl methyl sites for hydroxylation is 1. The summed E-state index contributed by atoms with van der Waals surface area (Å²) in [7, 11) is 0. The number of carbonyl (C=O) groups is 1. The van der Waals surface area contributed by atoms with Crippen molar-refractivity contribution in [1.82, 2.24) is 0 Å². The molecule has 2 nitrogen and oxygen atoms in total. The fourth-order valence-corrected chi connectivity index (χ4v) is 2.90. The van der Waals surface area contributed by atoms with Gasteiger partial charge in [-0.15, -0.1) is 0 Å². The Morgan fingerprint density at radius 3 is 1.83 bits per heavy atom. The molecule has 0 radical (unpaired) electrons. The van der Waals surface area contributed by atoms with Gasteiger partial charge in [-0.2, -0.15) is 0 Å². The number of benzene rings is 3. The monoisotopic (exact) mass is 316 g/mol. The summed E-state index contributed by atoms with van der Waals surface area (Å²) < 4.78 is 0. The first-order valence-electron chi connectivity index (χ1n) is 8.12. The quantitative estimate of drug-likeness (QED) is 0.685. The van der Waals surface area contributed by atoms with Crippen molar-refractivity contribution < 1.29 is 9.90 Å². The van der Waals surface area contributed by atoms with Gasteiger partial charge in [0.1, 0.15) is 0 Å². The third kappa shape index (κ3) is 3.44. The largest absolute Gasteiger partial charge is 0.377 e. The lowest BCUT2D eigenvalue weighted by molar-refractivity contribution is 0.0253. The number of rotatable bonds is 6. The van der Waals surface area contributed by atoms with Crippen molar-refractivity contribution >= 4 is 5.78 Å². The summed E-state index contributed by atoms with van der Waals surface area (Å²) >= 11 is 0. The second-order valence-corrected chi connectivity index (χ2v) is 5.91. The van der Waals surface area contributed by atoms with E-state index >= 15 is 0 Å². The van der Waals surface area contributed by atoms with E-state index in [1.807, 2.05) is 78.9 Å². The molecule has 0 aliphatic carbocycles. The Morgan fingerprint density at radius 2 is 1.25 bits per heavy atom. The molecule has 1 atom stereocenters. The molecular weight excluding hydrogens is 296 g/mol. The maximum atomic E-state index is 13.0. The molecule has 0 spiro atoms. The van der Waals surface area contributed by atoms with Crippen molar-refractivity contribution in [2.45, 2.75) is 18.4 Å². The average Bonchev–Trinajstić information content (AvgIpc) is 2.68. The Kier molecular flexibility index (Phi) is 4.88. The average molecular weight is 316 g/mol. The molecule has 24 heavy (non-hydrogen) atoms. The van der Waals surface area contributed by atoms with Crippen LogP contribution in [0.15, 0.2) is 91.0 Å². The molecule has 0 bridgehead atoms. The van der Waals surface area contributed by atoms with Crippen LogP contribution >= 0.6 is 0 Å². The molecule has 3 aromatic carbocycles. The van der Waals surface area contributed by atoms with Gasteiger partial charge in [-0.1, -0.05) is 91.0 Å². The van der Waals surface area contributed by atoms with E-state index in [0.29, 0.717) is 24.0 Å². The highest BCUT2D eigenvalue weighted by atomic mass is 16.3. The fourth-order valence-electron chi connectivity index (χ4n) is 2.90. The second kappa shape index (κ2) is 7.24. The van der Waals surface area contributed by atoms with Gasteiger partial charge >= 0.3 is 0 Å². The third-order valence-corrected chi connectivity index (χ3v) is 4.28. The van der Waals surface area contributed by atoms with Gasteiger partial charge in [0, 0.05) is 5.56 Å². The highest BCUT2D eigenvalue weighted by Crippen LogP contribution is 2.31.